The molecule has 0 rings (SSSR count). The highest BCUT2D eigenvalue weighted by molar-refractivity contribution is 6.15. The molecule has 0 aromatic carbocycles. The largest absolute Gasteiger partial charge is 0.329 e. The van der Waals surface area contributed by atoms with Crippen molar-refractivity contribution in [2.45, 2.75) is 38.3 Å². The highest BCUT2D eigenvalue weighted by Crippen LogP contribution is 2.07. The lowest BCUT2D eigenvalue weighted by atomic mass is 10.1. The molecule has 0 saturated heterocycles. The first kappa shape index (κ1) is 8.18. The Morgan fingerprint density at radius 2 is 2.00 bits per heavy atom. The summed E-state index contributed by atoms with van der Waals surface area (Å²) < 4.78 is 0. The van der Waals surface area contributed by atoms with E-state index < -0.39 is 0 Å². The lowest BCUT2D eigenvalue weighted by Gasteiger charge is -2.21. The smallest absolute Gasteiger partial charge is 0.0277 e. The number of hydrogen-bond acceptors (Lipinski definition) is 1. The van der Waals surface area contributed by atoms with Crippen LogP contribution in [0.4, 0.5) is 0 Å². The SMILES string of the molecule is CCCC(N)([SiH3])CC. The summed E-state index contributed by atoms with van der Waals surface area (Å²) in [4.78, 5) is 0. The molecule has 0 heterocycles. The van der Waals surface area contributed by atoms with E-state index in [2.05, 4.69) is 13.8 Å². The van der Waals surface area contributed by atoms with E-state index in [0.717, 1.165) is 16.7 Å². The summed E-state index contributed by atoms with van der Waals surface area (Å²) >= 11 is 0. The molecule has 0 aliphatic heterocycles. The van der Waals surface area contributed by atoms with Crippen molar-refractivity contribution in [3.8, 4) is 0 Å². The monoisotopic (exact) mass is 131 g/mol. The molecule has 0 bridgehead atoms. The zero-order valence-electron chi connectivity index (χ0n) is 6.20. The van der Waals surface area contributed by atoms with Gasteiger partial charge in [0, 0.05) is 10.2 Å². The molecule has 1 unspecified atom stereocenters. The molecular formula is C6H17NSi. The minimum atomic E-state index is 0.231. The van der Waals surface area contributed by atoms with Crippen molar-refractivity contribution in [3.63, 3.8) is 0 Å². The molecule has 0 aromatic heterocycles. The van der Waals surface area contributed by atoms with Gasteiger partial charge in [0.25, 0.3) is 0 Å². The second-order valence-electron chi connectivity index (χ2n) is 2.76. The molecular weight excluding hydrogens is 114 g/mol. The topological polar surface area (TPSA) is 26.0 Å². The van der Waals surface area contributed by atoms with E-state index in [1.807, 2.05) is 0 Å². The summed E-state index contributed by atoms with van der Waals surface area (Å²) in [6, 6.07) is 0. The lowest BCUT2D eigenvalue weighted by Crippen LogP contribution is -2.39. The maximum Gasteiger partial charge on any atom is 0.0277 e. The molecule has 0 aliphatic rings. The van der Waals surface area contributed by atoms with E-state index in [0.29, 0.717) is 0 Å². The van der Waals surface area contributed by atoms with E-state index in [4.69, 9.17) is 5.73 Å². The average molecular weight is 131 g/mol. The highest BCUT2D eigenvalue weighted by Gasteiger charge is 2.12. The predicted molar refractivity (Wildman–Crippen MR) is 42.1 cm³/mol. The van der Waals surface area contributed by atoms with Crippen LogP contribution in [-0.4, -0.2) is 15.4 Å². The first-order valence-corrected chi connectivity index (χ1v) is 4.41. The van der Waals surface area contributed by atoms with Gasteiger partial charge in [-0.25, -0.2) is 0 Å². The number of rotatable bonds is 3. The molecule has 2 N–H and O–H groups in total. The van der Waals surface area contributed by atoms with Gasteiger partial charge in [0.15, 0.2) is 0 Å². The van der Waals surface area contributed by atoms with Crippen molar-refractivity contribution in [2.24, 2.45) is 5.73 Å². The highest BCUT2D eigenvalue weighted by atomic mass is 28.1. The summed E-state index contributed by atoms with van der Waals surface area (Å²) in [7, 11) is 1.14. The number of hydrogen-bond donors (Lipinski definition) is 1. The molecule has 0 aromatic rings. The van der Waals surface area contributed by atoms with Gasteiger partial charge in [-0.05, 0) is 18.0 Å². The minimum Gasteiger partial charge on any atom is -0.329 e. The van der Waals surface area contributed by atoms with Gasteiger partial charge in [0.05, 0.1) is 0 Å². The van der Waals surface area contributed by atoms with E-state index >= 15 is 0 Å². The van der Waals surface area contributed by atoms with Crippen LogP contribution in [0.2, 0.25) is 0 Å². The molecule has 0 amide bonds. The molecule has 2 heteroatoms. The van der Waals surface area contributed by atoms with Crippen LogP contribution in [0.5, 0.6) is 0 Å². The van der Waals surface area contributed by atoms with Gasteiger partial charge < -0.3 is 5.73 Å². The van der Waals surface area contributed by atoms with Crippen LogP contribution < -0.4 is 5.73 Å². The molecule has 50 valence electrons. The molecule has 0 aliphatic carbocycles. The van der Waals surface area contributed by atoms with Gasteiger partial charge in [-0.15, -0.1) is 0 Å². The summed E-state index contributed by atoms with van der Waals surface area (Å²) in [5.41, 5.74) is 5.89. The predicted octanol–water partition coefficient (Wildman–Crippen LogP) is 0.217. The fourth-order valence-electron chi connectivity index (χ4n) is 0.748. The zero-order valence-corrected chi connectivity index (χ0v) is 8.20. The minimum absolute atomic E-state index is 0.231. The Hall–Kier alpha value is 0.177. The van der Waals surface area contributed by atoms with Crippen molar-refractivity contribution >= 4 is 10.2 Å². The maximum absolute atomic E-state index is 5.89. The van der Waals surface area contributed by atoms with Crippen LogP contribution in [-0.2, 0) is 0 Å². The van der Waals surface area contributed by atoms with E-state index in [9.17, 15) is 0 Å². The van der Waals surface area contributed by atoms with Gasteiger partial charge >= 0.3 is 0 Å². The van der Waals surface area contributed by atoms with Crippen molar-refractivity contribution in [2.75, 3.05) is 0 Å². The molecule has 1 nitrogen and oxygen atoms in total. The van der Waals surface area contributed by atoms with E-state index in [-0.39, 0.29) is 5.16 Å². The third-order valence-corrected chi connectivity index (χ3v) is 2.84. The van der Waals surface area contributed by atoms with Crippen molar-refractivity contribution in [1.82, 2.24) is 0 Å². The van der Waals surface area contributed by atoms with Gasteiger partial charge in [0.1, 0.15) is 0 Å². The summed E-state index contributed by atoms with van der Waals surface area (Å²) in [5.74, 6) is 0. The molecule has 1 atom stereocenters. The molecule has 8 heavy (non-hydrogen) atoms. The first-order valence-electron chi connectivity index (χ1n) is 3.41. The standard InChI is InChI=1S/C6H17NSi/c1-3-5-6(7,8)4-2/h3-5,7H2,1-2,8H3. The Morgan fingerprint density at radius 1 is 1.50 bits per heavy atom. The van der Waals surface area contributed by atoms with Crippen LogP contribution in [0, 0.1) is 0 Å². The Balaban J connectivity index is 3.37. The van der Waals surface area contributed by atoms with Crippen molar-refractivity contribution in [3.05, 3.63) is 0 Å². The average Bonchev–Trinajstić information content (AvgIpc) is 1.67. The first-order chi connectivity index (χ1) is 3.62. The van der Waals surface area contributed by atoms with Crippen LogP contribution >= 0.6 is 0 Å². The zero-order chi connectivity index (χ0) is 6.62. The fourth-order valence-corrected chi connectivity index (χ4v) is 1.25. The molecule has 0 radical (unpaired) electrons. The summed E-state index contributed by atoms with van der Waals surface area (Å²) in [6.45, 7) is 4.36. The third kappa shape index (κ3) is 3.21. The van der Waals surface area contributed by atoms with Crippen molar-refractivity contribution in [1.29, 1.82) is 0 Å². The Kier molecular flexibility index (Phi) is 3.32. The van der Waals surface area contributed by atoms with Crippen molar-refractivity contribution < 1.29 is 0 Å². The Labute approximate surface area is 55.1 Å². The van der Waals surface area contributed by atoms with Gasteiger partial charge in [0.2, 0.25) is 0 Å². The second kappa shape index (κ2) is 3.25. The summed E-state index contributed by atoms with van der Waals surface area (Å²) in [6.07, 6.45) is 3.58. The van der Waals surface area contributed by atoms with Gasteiger partial charge in [-0.2, -0.15) is 0 Å². The van der Waals surface area contributed by atoms with E-state index in [1.54, 1.807) is 0 Å². The van der Waals surface area contributed by atoms with Crippen LogP contribution in [0.25, 0.3) is 0 Å². The van der Waals surface area contributed by atoms with Crippen LogP contribution in [0.15, 0.2) is 0 Å². The lowest BCUT2D eigenvalue weighted by molar-refractivity contribution is 0.523. The Bertz CT molecular complexity index is 61.5. The molecule has 0 spiro atoms. The molecule has 0 saturated carbocycles. The normalized spacial score (nSPS) is 18.4. The Morgan fingerprint density at radius 3 is 2.12 bits per heavy atom. The summed E-state index contributed by atoms with van der Waals surface area (Å²) in [5, 5.41) is 0.231. The second-order valence-corrected chi connectivity index (χ2v) is 4.75. The number of nitrogens with two attached hydrogens (primary N) is 1. The van der Waals surface area contributed by atoms with E-state index in [1.165, 1.54) is 12.8 Å². The van der Waals surface area contributed by atoms with Crippen LogP contribution in [0.1, 0.15) is 33.1 Å². The van der Waals surface area contributed by atoms with Crippen LogP contribution in [0.3, 0.4) is 0 Å². The van der Waals surface area contributed by atoms with Gasteiger partial charge in [-0.3, -0.25) is 0 Å². The third-order valence-electron chi connectivity index (χ3n) is 1.63. The molecule has 0 fully saturated rings. The quantitative estimate of drug-likeness (QED) is 0.545. The van der Waals surface area contributed by atoms with Gasteiger partial charge in [-0.1, -0.05) is 20.3 Å². The fraction of sp³-hybridized carbons (Fsp3) is 1.00. The maximum atomic E-state index is 5.89.